The molecule has 0 aliphatic carbocycles. The van der Waals surface area contributed by atoms with Gasteiger partial charge in [0.25, 0.3) is 11.8 Å². The zero-order chi connectivity index (χ0) is 19.8. The second-order valence-electron chi connectivity index (χ2n) is 7.32. The molecule has 1 fully saturated rings. The molecule has 1 saturated heterocycles. The molecule has 0 radical (unpaired) electrons. The Morgan fingerprint density at radius 1 is 1.00 bits per heavy atom. The average molecular weight is 382 g/mol. The molecule has 4 rings (SSSR count). The first-order chi connectivity index (χ1) is 13.5. The van der Waals surface area contributed by atoms with Crippen molar-refractivity contribution in [1.29, 1.82) is 0 Å². The molecule has 0 saturated carbocycles. The monoisotopic (exact) mass is 382 g/mol. The number of likely N-dealkylation sites (tertiary alicyclic amines) is 1. The summed E-state index contributed by atoms with van der Waals surface area (Å²) >= 11 is 0. The Balaban J connectivity index is 1.84. The van der Waals surface area contributed by atoms with E-state index in [9.17, 15) is 18.4 Å². The number of hydrogen-bond donors (Lipinski definition) is 0. The summed E-state index contributed by atoms with van der Waals surface area (Å²) in [5, 5.41) is 0. The van der Waals surface area contributed by atoms with E-state index < -0.39 is 23.4 Å². The lowest BCUT2D eigenvalue weighted by Crippen LogP contribution is -2.39. The highest BCUT2D eigenvalue weighted by molar-refractivity contribution is 6.45. The highest BCUT2D eigenvalue weighted by atomic mass is 19.1. The summed E-state index contributed by atoms with van der Waals surface area (Å²) in [6, 6.07) is 11.8. The van der Waals surface area contributed by atoms with Crippen LogP contribution in [0, 0.1) is 17.6 Å². The highest BCUT2D eigenvalue weighted by Gasteiger charge is 2.43. The maximum atomic E-state index is 14.4. The molecule has 6 heteroatoms. The second kappa shape index (κ2) is 7.19. The van der Waals surface area contributed by atoms with Crippen LogP contribution < -0.4 is 4.90 Å². The summed E-state index contributed by atoms with van der Waals surface area (Å²) in [6.07, 6.45) is 1.97. The Morgan fingerprint density at radius 2 is 1.75 bits per heavy atom. The van der Waals surface area contributed by atoms with Crippen LogP contribution in [0.25, 0.3) is 5.57 Å². The summed E-state index contributed by atoms with van der Waals surface area (Å²) in [4.78, 5) is 29.3. The van der Waals surface area contributed by atoms with Crippen molar-refractivity contribution in [3.05, 3.63) is 71.4 Å². The van der Waals surface area contributed by atoms with Crippen LogP contribution in [-0.4, -0.2) is 29.8 Å². The molecule has 144 valence electrons. The minimum absolute atomic E-state index is 0.232. The lowest BCUT2D eigenvalue weighted by Gasteiger charge is -2.33. The molecule has 0 bridgehead atoms. The Bertz CT molecular complexity index is 972. The van der Waals surface area contributed by atoms with Gasteiger partial charge in [0, 0.05) is 19.2 Å². The fourth-order valence-corrected chi connectivity index (χ4v) is 3.95. The molecule has 1 atom stereocenters. The van der Waals surface area contributed by atoms with Gasteiger partial charge in [-0.3, -0.25) is 9.59 Å². The fraction of sp³-hybridized carbons (Fsp3) is 0.273. The number of benzene rings is 2. The molecule has 4 nitrogen and oxygen atoms in total. The van der Waals surface area contributed by atoms with E-state index in [-0.39, 0.29) is 11.3 Å². The van der Waals surface area contributed by atoms with E-state index in [0.29, 0.717) is 36.3 Å². The number of anilines is 1. The van der Waals surface area contributed by atoms with Gasteiger partial charge >= 0.3 is 0 Å². The van der Waals surface area contributed by atoms with Crippen molar-refractivity contribution in [3.8, 4) is 0 Å². The van der Waals surface area contributed by atoms with E-state index in [2.05, 4.69) is 6.92 Å². The lowest BCUT2D eigenvalue weighted by molar-refractivity contribution is -0.120. The Morgan fingerprint density at radius 3 is 2.43 bits per heavy atom. The molecule has 2 heterocycles. The van der Waals surface area contributed by atoms with Gasteiger partial charge in [-0.25, -0.2) is 13.7 Å². The molecule has 2 aliphatic heterocycles. The van der Waals surface area contributed by atoms with Crippen molar-refractivity contribution in [2.45, 2.75) is 19.8 Å². The molecule has 1 unspecified atom stereocenters. The van der Waals surface area contributed by atoms with E-state index in [0.717, 1.165) is 29.9 Å². The van der Waals surface area contributed by atoms with Gasteiger partial charge in [-0.05, 0) is 36.5 Å². The van der Waals surface area contributed by atoms with Gasteiger partial charge in [0.1, 0.15) is 17.3 Å². The topological polar surface area (TPSA) is 40.6 Å². The van der Waals surface area contributed by atoms with Gasteiger partial charge in [0.05, 0.1) is 11.3 Å². The third-order valence-electron chi connectivity index (χ3n) is 5.25. The van der Waals surface area contributed by atoms with E-state index in [4.69, 9.17) is 0 Å². The van der Waals surface area contributed by atoms with E-state index in [1.165, 1.54) is 0 Å². The van der Waals surface area contributed by atoms with Crippen LogP contribution in [-0.2, 0) is 9.59 Å². The van der Waals surface area contributed by atoms with Crippen LogP contribution in [0.15, 0.2) is 54.2 Å². The van der Waals surface area contributed by atoms with Crippen LogP contribution in [0.3, 0.4) is 0 Å². The Kier molecular flexibility index (Phi) is 4.71. The second-order valence-corrected chi connectivity index (χ2v) is 7.32. The van der Waals surface area contributed by atoms with Crippen LogP contribution in [0.2, 0.25) is 0 Å². The molecule has 0 aromatic heterocycles. The van der Waals surface area contributed by atoms with Crippen molar-refractivity contribution in [2.75, 3.05) is 18.0 Å². The lowest BCUT2D eigenvalue weighted by atomic mass is 9.98. The smallest absolute Gasteiger partial charge is 0.282 e. The largest absolute Gasteiger partial charge is 0.366 e. The summed E-state index contributed by atoms with van der Waals surface area (Å²) in [6.45, 7) is 3.42. The van der Waals surface area contributed by atoms with Gasteiger partial charge < -0.3 is 4.90 Å². The standard InChI is InChI=1S/C22H20F2N2O2/c1-14-6-5-11-25(13-14)20-19(15-7-3-2-4-8-15)21(27)26(22(20)28)18-10-9-16(23)12-17(18)24/h2-4,7-10,12,14H,5-6,11,13H2,1H3. The minimum atomic E-state index is -0.942. The number of piperidine rings is 1. The molecule has 2 amide bonds. The molecular formula is C22H20F2N2O2. The van der Waals surface area contributed by atoms with Gasteiger partial charge in [-0.2, -0.15) is 0 Å². The maximum absolute atomic E-state index is 14.4. The molecule has 0 N–H and O–H groups in total. The number of hydrogen-bond acceptors (Lipinski definition) is 3. The third kappa shape index (κ3) is 3.09. The summed E-state index contributed by atoms with van der Waals surface area (Å²) in [5.74, 6) is -2.47. The summed E-state index contributed by atoms with van der Waals surface area (Å²) in [5.41, 5.74) is 0.943. The predicted molar refractivity (Wildman–Crippen MR) is 102 cm³/mol. The normalized spacial score (nSPS) is 20.3. The molecule has 0 spiro atoms. The van der Waals surface area contributed by atoms with Crippen LogP contribution in [0.5, 0.6) is 0 Å². The van der Waals surface area contributed by atoms with Crippen LogP contribution in [0.4, 0.5) is 14.5 Å². The Hall–Kier alpha value is -3.02. The van der Waals surface area contributed by atoms with Gasteiger partial charge in [-0.1, -0.05) is 37.3 Å². The predicted octanol–water partition coefficient (Wildman–Crippen LogP) is 3.98. The minimum Gasteiger partial charge on any atom is -0.366 e. The number of rotatable bonds is 3. The summed E-state index contributed by atoms with van der Waals surface area (Å²) < 4.78 is 27.7. The van der Waals surface area contributed by atoms with Crippen molar-refractivity contribution >= 4 is 23.1 Å². The third-order valence-corrected chi connectivity index (χ3v) is 5.25. The molecule has 2 aromatic carbocycles. The van der Waals surface area contributed by atoms with Crippen molar-refractivity contribution in [3.63, 3.8) is 0 Å². The maximum Gasteiger partial charge on any atom is 0.282 e. The van der Waals surface area contributed by atoms with Gasteiger partial charge in [0.2, 0.25) is 0 Å². The van der Waals surface area contributed by atoms with Crippen LogP contribution in [0.1, 0.15) is 25.3 Å². The van der Waals surface area contributed by atoms with Crippen molar-refractivity contribution in [2.24, 2.45) is 5.92 Å². The zero-order valence-corrected chi connectivity index (χ0v) is 15.5. The number of amides is 2. The number of halogens is 2. The SMILES string of the molecule is CC1CCCN(C2=C(c3ccccc3)C(=O)N(c3ccc(F)cc3F)C2=O)C1. The molecular weight excluding hydrogens is 362 g/mol. The molecule has 2 aromatic rings. The number of nitrogens with zero attached hydrogens (tertiary/aromatic N) is 2. The fourth-order valence-electron chi connectivity index (χ4n) is 3.95. The first-order valence-corrected chi connectivity index (χ1v) is 9.36. The molecule has 28 heavy (non-hydrogen) atoms. The quantitative estimate of drug-likeness (QED) is 0.754. The van der Waals surface area contributed by atoms with E-state index in [1.807, 2.05) is 11.0 Å². The Labute approximate surface area is 162 Å². The highest BCUT2D eigenvalue weighted by Crippen LogP contribution is 2.37. The summed E-state index contributed by atoms with van der Waals surface area (Å²) in [7, 11) is 0. The molecule has 2 aliphatic rings. The van der Waals surface area contributed by atoms with Crippen LogP contribution >= 0.6 is 0 Å². The number of carbonyl (C=O) groups is 2. The number of imide groups is 1. The van der Waals surface area contributed by atoms with Gasteiger partial charge in [-0.15, -0.1) is 0 Å². The zero-order valence-electron chi connectivity index (χ0n) is 15.5. The van der Waals surface area contributed by atoms with Gasteiger partial charge in [0.15, 0.2) is 0 Å². The first kappa shape index (κ1) is 18.3. The average Bonchev–Trinajstić information content (AvgIpc) is 2.93. The first-order valence-electron chi connectivity index (χ1n) is 9.36. The number of carbonyl (C=O) groups excluding carboxylic acids is 2. The van der Waals surface area contributed by atoms with E-state index in [1.54, 1.807) is 24.3 Å². The van der Waals surface area contributed by atoms with Crippen molar-refractivity contribution < 1.29 is 18.4 Å². The van der Waals surface area contributed by atoms with E-state index >= 15 is 0 Å². The van der Waals surface area contributed by atoms with Crippen molar-refractivity contribution in [1.82, 2.24) is 4.90 Å².